The van der Waals surface area contributed by atoms with Gasteiger partial charge in [0.15, 0.2) is 5.96 Å². The predicted molar refractivity (Wildman–Crippen MR) is 98.5 cm³/mol. The minimum absolute atomic E-state index is 0.00296. The summed E-state index contributed by atoms with van der Waals surface area (Å²) in [5, 5.41) is 13.3. The Labute approximate surface area is 161 Å². The third-order valence-electron chi connectivity index (χ3n) is 3.89. The zero-order valence-corrected chi connectivity index (χ0v) is 15.4. The number of hydrogen-bond donors (Lipinski definition) is 4. The molecule has 12 heteroatoms. The highest BCUT2D eigenvalue weighted by Gasteiger charge is 2.54. The maximum absolute atomic E-state index is 12.4. The van der Waals surface area contributed by atoms with Gasteiger partial charge in [-0.2, -0.15) is 4.99 Å². The highest BCUT2D eigenvalue weighted by molar-refractivity contribution is 8.00. The number of hydrogen-bond acceptors (Lipinski definition) is 6. The summed E-state index contributed by atoms with van der Waals surface area (Å²) >= 11 is 2.58. The van der Waals surface area contributed by atoms with Crippen molar-refractivity contribution in [3.8, 4) is 0 Å². The number of amides is 3. The summed E-state index contributed by atoms with van der Waals surface area (Å²) in [6, 6.07) is 2.78. The Hall–Kier alpha value is -2.86. The fourth-order valence-corrected chi connectivity index (χ4v) is 4.80. The van der Waals surface area contributed by atoms with Gasteiger partial charge >= 0.3 is 5.97 Å². The maximum atomic E-state index is 12.4. The van der Waals surface area contributed by atoms with Gasteiger partial charge in [-0.05, 0) is 11.4 Å². The number of rotatable bonds is 5. The van der Waals surface area contributed by atoms with E-state index in [-0.39, 0.29) is 23.7 Å². The number of thioether (sulfide) groups is 1. The SMILES string of the molecule is NC(N)=NC(=O)C1=C(C(=O)O)N2C(=O)C(NC(=O)Cc3cccs3)[C@@H]2SC1. The largest absolute Gasteiger partial charge is 0.477 e. The lowest BCUT2D eigenvalue weighted by atomic mass is 10.0. The van der Waals surface area contributed by atoms with E-state index in [4.69, 9.17) is 11.5 Å². The molecule has 27 heavy (non-hydrogen) atoms. The van der Waals surface area contributed by atoms with Crippen LogP contribution in [0.25, 0.3) is 0 Å². The molecule has 142 valence electrons. The number of carbonyl (C=O) groups excluding carboxylic acids is 3. The third kappa shape index (κ3) is 3.66. The molecule has 0 aromatic carbocycles. The first-order chi connectivity index (χ1) is 12.8. The highest BCUT2D eigenvalue weighted by Crippen LogP contribution is 2.40. The molecule has 2 aliphatic heterocycles. The summed E-state index contributed by atoms with van der Waals surface area (Å²) in [6.45, 7) is 0. The topological polar surface area (TPSA) is 168 Å². The summed E-state index contributed by atoms with van der Waals surface area (Å²) in [7, 11) is 0. The van der Waals surface area contributed by atoms with Crippen LogP contribution in [0.1, 0.15) is 4.88 Å². The van der Waals surface area contributed by atoms with Crippen LogP contribution in [0.5, 0.6) is 0 Å². The van der Waals surface area contributed by atoms with Crippen molar-refractivity contribution in [2.24, 2.45) is 16.5 Å². The Bertz CT molecular complexity index is 875. The van der Waals surface area contributed by atoms with Crippen LogP contribution < -0.4 is 16.8 Å². The van der Waals surface area contributed by atoms with E-state index in [1.54, 1.807) is 6.07 Å². The van der Waals surface area contributed by atoms with Gasteiger partial charge in [0.2, 0.25) is 5.91 Å². The highest BCUT2D eigenvalue weighted by atomic mass is 32.2. The van der Waals surface area contributed by atoms with Gasteiger partial charge in [0.1, 0.15) is 17.1 Å². The number of nitrogens with two attached hydrogens (primary N) is 2. The second-order valence-electron chi connectivity index (χ2n) is 5.69. The molecule has 0 bridgehead atoms. The fourth-order valence-electron chi connectivity index (χ4n) is 2.76. The van der Waals surface area contributed by atoms with Gasteiger partial charge in [0, 0.05) is 10.6 Å². The van der Waals surface area contributed by atoms with Crippen molar-refractivity contribution in [2.75, 3.05) is 5.75 Å². The number of nitrogens with one attached hydrogen (secondary N) is 1. The first-order valence-electron chi connectivity index (χ1n) is 7.66. The molecule has 3 rings (SSSR count). The molecule has 6 N–H and O–H groups in total. The van der Waals surface area contributed by atoms with Crippen molar-refractivity contribution >= 4 is 52.7 Å². The number of carbonyl (C=O) groups is 4. The van der Waals surface area contributed by atoms with Crippen molar-refractivity contribution in [3.63, 3.8) is 0 Å². The second kappa shape index (κ2) is 7.40. The van der Waals surface area contributed by atoms with E-state index in [0.717, 1.165) is 21.5 Å². The Kier molecular flexibility index (Phi) is 5.19. The van der Waals surface area contributed by atoms with Crippen molar-refractivity contribution < 1.29 is 24.3 Å². The van der Waals surface area contributed by atoms with Crippen molar-refractivity contribution in [1.29, 1.82) is 0 Å². The van der Waals surface area contributed by atoms with E-state index in [9.17, 15) is 24.3 Å². The number of aliphatic imine (C=N–C) groups is 1. The number of thiophene rings is 1. The lowest BCUT2D eigenvalue weighted by Crippen LogP contribution is -2.70. The van der Waals surface area contributed by atoms with E-state index < -0.39 is 40.9 Å². The van der Waals surface area contributed by atoms with Crippen LogP contribution >= 0.6 is 23.1 Å². The molecule has 2 atom stereocenters. The van der Waals surface area contributed by atoms with Gasteiger partial charge in [-0.3, -0.25) is 19.3 Å². The molecule has 1 aromatic heterocycles. The van der Waals surface area contributed by atoms with Gasteiger partial charge in [0.25, 0.3) is 11.8 Å². The van der Waals surface area contributed by atoms with Crippen LogP contribution in [0.15, 0.2) is 33.8 Å². The lowest BCUT2D eigenvalue weighted by molar-refractivity contribution is -0.150. The second-order valence-corrected chi connectivity index (χ2v) is 7.82. The normalized spacial score (nSPS) is 21.2. The Balaban J connectivity index is 1.77. The number of nitrogens with zero attached hydrogens (tertiary/aromatic N) is 2. The van der Waals surface area contributed by atoms with Crippen LogP contribution in [-0.4, -0.2) is 56.8 Å². The van der Waals surface area contributed by atoms with Crippen LogP contribution in [0.3, 0.4) is 0 Å². The molecule has 0 saturated carbocycles. The Morgan fingerprint density at radius 2 is 2.11 bits per heavy atom. The Morgan fingerprint density at radius 1 is 1.37 bits per heavy atom. The number of aliphatic carboxylic acids is 1. The monoisotopic (exact) mass is 409 g/mol. The molecule has 0 radical (unpaired) electrons. The van der Waals surface area contributed by atoms with Crippen molar-refractivity contribution in [1.82, 2.24) is 10.2 Å². The van der Waals surface area contributed by atoms with Crippen LogP contribution in [0, 0.1) is 0 Å². The first kappa shape index (κ1) is 18.9. The van der Waals surface area contributed by atoms with Crippen LogP contribution in [-0.2, 0) is 25.6 Å². The zero-order chi connectivity index (χ0) is 19.7. The summed E-state index contributed by atoms with van der Waals surface area (Å²) < 4.78 is 0. The number of guanidine groups is 1. The van der Waals surface area contributed by atoms with Crippen LogP contribution in [0.4, 0.5) is 0 Å². The third-order valence-corrected chi connectivity index (χ3v) is 6.05. The quantitative estimate of drug-likeness (QED) is 0.268. The molecule has 1 saturated heterocycles. The van der Waals surface area contributed by atoms with E-state index in [1.807, 2.05) is 11.4 Å². The molecule has 0 aliphatic carbocycles. The summed E-state index contributed by atoms with van der Waals surface area (Å²) in [6.07, 6.45) is 0.134. The number of β-lactam (4-membered cyclic amide) rings is 1. The van der Waals surface area contributed by atoms with E-state index in [0.29, 0.717) is 0 Å². The first-order valence-corrected chi connectivity index (χ1v) is 9.59. The van der Waals surface area contributed by atoms with Gasteiger partial charge in [-0.25, -0.2) is 4.79 Å². The van der Waals surface area contributed by atoms with E-state index in [2.05, 4.69) is 10.3 Å². The summed E-state index contributed by atoms with van der Waals surface area (Å²) in [5.74, 6) is -3.78. The smallest absolute Gasteiger partial charge is 0.353 e. The summed E-state index contributed by atoms with van der Waals surface area (Å²) in [5.41, 5.74) is 9.69. The molecular weight excluding hydrogens is 394 g/mol. The molecule has 1 unspecified atom stereocenters. The lowest BCUT2D eigenvalue weighted by Gasteiger charge is -2.49. The van der Waals surface area contributed by atoms with Gasteiger partial charge in [-0.1, -0.05) is 6.07 Å². The minimum atomic E-state index is -1.44. The summed E-state index contributed by atoms with van der Waals surface area (Å²) in [4.78, 5) is 53.4. The maximum Gasteiger partial charge on any atom is 0.353 e. The molecular formula is C15H15N5O5S2. The molecule has 3 heterocycles. The molecule has 3 amide bonds. The van der Waals surface area contributed by atoms with Crippen molar-refractivity contribution in [3.05, 3.63) is 33.7 Å². The average Bonchev–Trinajstić information content (AvgIpc) is 3.10. The molecule has 10 nitrogen and oxygen atoms in total. The molecule has 1 fully saturated rings. The number of carboxylic acids is 1. The molecule has 1 aromatic rings. The van der Waals surface area contributed by atoms with E-state index >= 15 is 0 Å². The number of fused-ring (bicyclic) bond motifs is 1. The zero-order valence-electron chi connectivity index (χ0n) is 13.7. The molecule has 0 spiro atoms. The average molecular weight is 409 g/mol. The van der Waals surface area contributed by atoms with Crippen molar-refractivity contribution in [2.45, 2.75) is 17.8 Å². The van der Waals surface area contributed by atoms with Gasteiger partial charge in [-0.15, -0.1) is 23.1 Å². The Morgan fingerprint density at radius 3 is 2.70 bits per heavy atom. The predicted octanol–water partition coefficient (Wildman–Crippen LogP) is -1.17. The standard InChI is InChI=1S/C15H15N5O5S2/c16-15(17)19-11(22)7-5-27-13-9(12(23)20(13)10(7)14(24)25)18-8(21)4-6-2-1-3-26-6/h1-3,9,13H,4-5H2,(H,18,21)(H,24,25)(H4,16,17,19,22)/t9?,13-/m0/s1. The van der Waals surface area contributed by atoms with Crippen LogP contribution in [0.2, 0.25) is 0 Å². The van der Waals surface area contributed by atoms with E-state index in [1.165, 1.54) is 11.3 Å². The van der Waals surface area contributed by atoms with Gasteiger partial charge < -0.3 is 21.9 Å². The van der Waals surface area contributed by atoms with Gasteiger partial charge in [0.05, 0.1) is 12.0 Å². The molecule has 2 aliphatic rings. The minimum Gasteiger partial charge on any atom is -0.477 e. The number of carboxylic acid groups (broad SMARTS) is 1. The fraction of sp³-hybridized carbons (Fsp3) is 0.267.